The Morgan fingerprint density at radius 3 is 2.96 bits per heavy atom. The van der Waals surface area contributed by atoms with Crippen LogP contribution in [0.5, 0.6) is 0 Å². The Labute approximate surface area is 141 Å². The molecule has 24 heavy (non-hydrogen) atoms. The second-order valence-corrected chi connectivity index (χ2v) is 6.82. The predicted molar refractivity (Wildman–Crippen MR) is 92.0 cm³/mol. The first kappa shape index (κ1) is 16.5. The first-order valence-corrected chi connectivity index (χ1v) is 8.53. The Kier molecular flexibility index (Phi) is 4.83. The second kappa shape index (κ2) is 7.03. The van der Waals surface area contributed by atoms with Gasteiger partial charge in [-0.1, -0.05) is 13.8 Å². The highest BCUT2D eigenvalue weighted by Gasteiger charge is 2.26. The van der Waals surface area contributed by atoms with E-state index in [2.05, 4.69) is 14.5 Å². The first-order chi connectivity index (χ1) is 11.5. The van der Waals surface area contributed by atoms with Crippen molar-refractivity contribution in [3.63, 3.8) is 0 Å². The monoisotopic (exact) mass is 328 g/mol. The van der Waals surface area contributed by atoms with Gasteiger partial charge in [0.15, 0.2) is 0 Å². The molecule has 3 rings (SSSR count). The van der Waals surface area contributed by atoms with Gasteiger partial charge in [0.25, 0.3) is 5.91 Å². The summed E-state index contributed by atoms with van der Waals surface area (Å²) in [5.41, 5.74) is 1.18. The van der Waals surface area contributed by atoms with Gasteiger partial charge in [0.1, 0.15) is 0 Å². The lowest BCUT2D eigenvalue weighted by Gasteiger charge is -2.33. The average Bonchev–Trinajstić information content (AvgIpc) is 3.07. The first-order valence-electron chi connectivity index (χ1n) is 8.53. The van der Waals surface area contributed by atoms with Crippen molar-refractivity contribution in [2.45, 2.75) is 39.2 Å². The third-order valence-electron chi connectivity index (χ3n) is 4.59. The summed E-state index contributed by atoms with van der Waals surface area (Å²) in [4.78, 5) is 33.4. The van der Waals surface area contributed by atoms with E-state index in [0.29, 0.717) is 11.5 Å². The molecule has 1 N–H and O–H groups in total. The summed E-state index contributed by atoms with van der Waals surface area (Å²) in [6.07, 6.45) is 7.68. The van der Waals surface area contributed by atoms with E-state index in [0.717, 1.165) is 38.2 Å². The highest BCUT2D eigenvalue weighted by Crippen LogP contribution is 2.22. The lowest BCUT2D eigenvalue weighted by Crippen LogP contribution is -2.41. The number of H-pyrrole nitrogens is 1. The second-order valence-electron chi connectivity index (χ2n) is 6.82. The van der Waals surface area contributed by atoms with Crippen LogP contribution in [0.3, 0.4) is 0 Å². The molecule has 0 aromatic carbocycles. The lowest BCUT2D eigenvalue weighted by molar-refractivity contribution is 0.0660. The molecule has 1 unspecified atom stereocenters. The summed E-state index contributed by atoms with van der Waals surface area (Å²) in [5.74, 6) is 0.553. The zero-order valence-electron chi connectivity index (χ0n) is 14.2. The highest BCUT2D eigenvalue weighted by molar-refractivity contribution is 5.95. The Balaban J connectivity index is 1.76. The van der Waals surface area contributed by atoms with Crippen molar-refractivity contribution < 1.29 is 4.79 Å². The van der Waals surface area contributed by atoms with Crippen molar-refractivity contribution in [2.75, 3.05) is 13.1 Å². The number of piperidine rings is 1. The number of aromatic nitrogens is 3. The van der Waals surface area contributed by atoms with Gasteiger partial charge in [-0.25, -0.2) is 4.98 Å². The summed E-state index contributed by atoms with van der Waals surface area (Å²) in [6, 6.07) is 3.10. The van der Waals surface area contributed by atoms with Crippen LogP contribution in [-0.4, -0.2) is 38.4 Å². The van der Waals surface area contributed by atoms with Crippen LogP contribution in [0, 0.1) is 5.92 Å². The smallest absolute Gasteiger partial charge is 0.255 e. The molecule has 0 aliphatic carbocycles. The molecule has 0 bridgehead atoms. The van der Waals surface area contributed by atoms with E-state index in [1.54, 1.807) is 12.3 Å². The molecule has 6 nitrogen and oxygen atoms in total. The number of hydrogen-bond acceptors (Lipinski definition) is 3. The number of imidazole rings is 1. The summed E-state index contributed by atoms with van der Waals surface area (Å²) < 4.78 is 2.07. The van der Waals surface area contributed by atoms with Gasteiger partial charge in [-0.2, -0.15) is 0 Å². The van der Waals surface area contributed by atoms with Crippen LogP contribution >= 0.6 is 0 Å². The molecule has 1 fully saturated rings. The molecule has 3 heterocycles. The number of carbonyl (C=O) groups is 1. The fourth-order valence-electron chi connectivity index (χ4n) is 3.39. The number of nitrogens with one attached hydrogen (secondary N) is 1. The van der Waals surface area contributed by atoms with Crippen LogP contribution in [0.4, 0.5) is 0 Å². The van der Waals surface area contributed by atoms with E-state index in [1.807, 2.05) is 31.3 Å². The number of pyridine rings is 1. The van der Waals surface area contributed by atoms with Gasteiger partial charge >= 0.3 is 0 Å². The van der Waals surface area contributed by atoms with Gasteiger partial charge in [-0.15, -0.1) is 0 Å². The molecule has 6 heteroatoms. The molecule has 1 atom stereocenters. The average molecular weight is 328 g/mol. The maximum absolute atomic E-state index is 13.0. The van der Waals surface area contributed by atoms with Gasteiger partial charge in [0, 0.05) is 43.8 Å². The molecule has 1 aliphatic heterocycles. The van der Waals surface area contributed by atoms with Gasteiger partial charge in [-0.3, -0.25) is 9.59 Å². The molecule has 2 aromatic rings. The standard InChI is InChI=1S/C18H24N4O2/c1-13(2)17-15(5-6-16(23)20-17)18(24)22-8-3-4-14(11-22)10-21-9-7-19-12-21/h5-7,9,12-14H,3-4,8,10-11H2,1-2H3,(H,20,23). The van der Waals surface area contributed by atoms with E-state index in [4.69, 9.17) is 0 Å². The zero-order valence-corrected chi connectivity index (χ0v) is 14.2. The molecule has 1 aliphatic rings. The zero-order chi connectivity index (χ0) is 17.1. The summed E-state index contributed by atoms with van der Waals surface area (Å²) >= 11 is 0. The molecule has 128 valence electrons. The Bertz CT molecular complexity index is 749. The van der Waals surface area contributed by atoms with Gasteiger partial charge in [0.05, 0.1) is 11.9 Å². The van der Waals surface area contributed by atoms with Crippen molar-refractivity contribution in [3.05, 3.63) is 52.5 Å². The summed E-state index contributed by atoms with van der Waals surface area (Å²) in [6.45, 7) is 6.37. The molecule has 0 spiro atoms. The minimum atomic E-state index is -0.160. The van der Waals surface area contributed by atoms with Crippen molar-refractivity contribution in [1.29, 1.82) is 0 Å². The largest absolute Gasteiger partial charge is 0.338 e. The SMILES string of the molecule is CC(C)c1[nH]c(=O)ccc1C(=O)N1CCCC(Cn2ccnc2)C1. The van der Waals surface area contributed by atoms with Crippen molar-refractivity contribution >= 4 is 5.91 Å². The van der Waals surface area contributed by atoms with Crippen LogP contribution in [0.2, 0.25) is 0 Å². The van der Waals surface area contributed by atoms with E-state index >= 15 is 0 Å². The third kappa shape index (κ3) is 3.58. The molecule has 1 amide bonds. The minimum absolute atomic E-state index is 0.0188. The summed E-state index contributed by atoms with van der Waals surface area (Å²) in [7, 11) is 0. The molecule has 2 aromatic heterocycles. The Hall–Kier alpha value is -2.37. The van der Waals surface area contributed by atoms with Crippen molar-refractivity contribution in [2.24, 2.45) is 5.92 Å². The van der Waals surface area contributed by atoms with Crippen molar-refractivity contribution in [3.8, 4) is 0 Å². The number of amides is 1. The van der Waals surface area contributed by atoms with Crippen LogP contribution < -0.4 is 5.56 Å². The van der Waals surface area contributed by atoms with E-state index in [-0.39, 0.29) is 17.4 Å². The predicted octanol–water partition coefficient (Wildman–Crippen LogP) is 2.25. The topological polar surface area (TPSA) is 71.0 Å². The van der Waals surface area contributed by atoms with Crippen LogP contribution in [0.1, 0.15) is 48.7 Å². The fourth-order valence-corrected chi connectivity index (χ4v) is 3.39. The minimum Gasteiger partial charge on any atom is -0.338 e. The summed E-state index contributed by atoms with van der Waals surface area (Å²) in [5, 5.41) is 0. The van der Waals surface area contributed by atoms with Gasteiger partial charge < -0.3 is 14.5 Å². The number of hydrogen-bond donors (Lipinski definition) is 1. The van der Waals surface area contributed by atoms with Crippen molar-refractivity contribution in [1.82, 2.24) is 19.4 Å². The number of rotatable bonds is 4. The third-order valence-corrected chi connectivity index (χ3v) is 4.59. The molecular formula is C18H24N4O2. The molecular weight excluding hydrogens is 304 g/mol. The lowest BCUT2D eigenvalue weighted by atomic mass is 9.96. The van der Waals surface area contributed by atoms with Crippen LogP contribution in [0.25, 0.3) is 0 Å². The maximum Gasteiger partial charge on any atom is 0.255 e. The number of carbonyl (C=O) groups excluding carboxylic acids is 1. The fraction of sp³-hybridized carbons (Fsp3) is 0.500. The number of likely N-dealkylation sites (tertiary alicyclic amines) is 1. The van der Waals surface area contributed by atoms with Crippen LogP contribution in [0.15, 0.2) is 35.6 Å². The molecule has 1 saturated heterocycles. The van der Waals surface area contributed by atoms with E-state index in [9.17, 15) is 9.59 Å². The Morgan fingerprint density at radius 1 is 1.42 bits per heavy atom. The quantitative estimate of drug-likeness (QED) is 0.936. The van der Waals surface area contributed by atoms with Gasteiger partial charge in [0.2, 0.25) is 5.56 Å². The van der Waals surface area contributed by atoms with Gasteiger partial charge in [-0.05, 0) is 30.7 Å². The number of aromatic amines is 1. The molecule has 0 radical (unpaired) electrons. The molecule has 0 saturated carbocycles. The van der Waals surface area contributed by atoms with E-state index < -0.39 is 0 Å². The van der Waals surface area contributed by atoms with E-state index in [1.165, 1.54) is 6.07 Å². The Morgan fingerprint density at radius 2 is 2.25 bits per heavy atom. The van der Waals surface area contributed by atoms with Crippen LogP contribution in [-0.2, 0) is 6.54 Å². The maximum atomic E-state index is 13.0. The highest BCUT2D eigenvalue weighted by atomic mass is 16.2. The normalized spacial score (nSPS) is 18.1. The number of nitrogens with zero attached hydrogens (tertiary/aromatic N) is 3.